The Kier molecular flexibility index (Phi) is 3.51. The summed E-state index contributed by atoms with van der Waals surface area (Å²) in [5, 5.41) is 2.88. The molecule has 1 unspecified atom stereocenters. The predicted molar refractivity (Wildman–Crippen MR) is 60.2 cm³/mol. The molecule has 16 heavy (non-hydrogen) atoms. The summed E-state index contributed by atoms with van der Waals surface area (Å²) in [6.45, 7) is 4.18. The smallest absolute Gasteiger partial charge is 0.269 e. The van der Waals surface area contributed by atoms with Gasteiger partial charge in [-0.2, -0.15) is 0 Å². The largest absolute Gasteiger partial charge is 0.381 e. The lowest BCUT2D eigenvalue weighted by molar-refractivity contribution is 0.0940. The zero-order valence-electron chi connectivity index (χ0n) is 9.40. The van der Waals surface area contributed by atoms with E-state index in [0.717, 1.165) is 25.2 Å². The van der Waals surface area contributed by atoms with Gasteiger partial charge >= 0.3 is 0 Å². The molecule has 1 fully saturated rings. The Morgan fingerprint density at radius 3 is 3.12 bits per heavy atom. The Labute approximate surface area is 95.0 Å². The standard InChI is InChI=1S/C12H16N2O2/c1-9-2-3-11(13-6-9)12(15)14-7-10-4-5-16-8-10/h2-3,6,10H,4-5,7-8H2,1H3,(H,14,15). The molecule has 1 saturated heterocycles. The van der Waals surface area contributed by atoms with E-state index in [0.29, 0.717) is 18.2 Å². The molecule has 0 saturated carbocycles. The number of nitrogens with zero attached hydrogens (tertiary/aromatic N) is 1. The molecule has 86 valence electrons. The molecule has 0 radical (unpaired) electrons. The van der Waals surface area contributed by atoms with Crippen molar-refractivity contribution in [2.45, 2.75) is 13.3 Å². The van der Waals surface area contributed by atoms with Crippen molar-refractivity contribution >= 4 is 5.91 Å². The first kappa shape index (κ1) is 11.1. The first-order chi connectivity index (χ1) is 7.75. The van der Waals surface area contributed by atoms with Gasteiger partial charge in [-0.05, 0) is 25.0 Å². The molecule has 1 N–H and O–H groups in total. The van der Waals surface area contributed by atoms with Crippen LogP contribution in [-0.4, -0.2) is 30.6 Å². The van der Waals surface area contributed by atoms with E-state index in [1.54, 1.807) is 12.3 Å². The number of rotatable bonds is 3. The average Bonchev–Trinajstić information content (AvgIpc) is 2.80. The number of hydrogen-bond acceptors (Lipinski definition) is 3. The zero-order valence-corrected chi connectivity index (χ0v) is 9.40. The third kappa shape index (κ3) is 2.79. The molecule has 2 heterocycles. The van der Waals surface area contributed by atoms with E-state index in [2.05, 4.69) is 10.3 Å². The van der Waals surface area contributed by atoms with E-state index in [-0.39, 0.29) is 5.91 Å². The number of carbonyl (C=O) groups excluding carboxylic acids is 1. The van der Waals surface area contributed by atoms with Gasteiger partial charge in [0.2, 0.25) is 0 Å². The summed E-state index contributed by atoms with van der Waals surface area (Å²) in [7, 11) is 0. The Balaban J connectivity index is 1.85. The summed E-state index contributed by atoms with van der Waals surface area (Å²) in [6.07, 6.45) is 2.73. The van der Waals surface area contributed by atoms with Crippen molar-refractivity contribution in [1.82, 2.24) is 10.3 Å². The first-order valence-electron chi connectivity index (χ1n) is 5.54. The lowest BCUT2D eigenvalue weighted by atomic mass is 10.1. The molecule has 4 nitrogen and oxygen atoms in total. The maximum absolute atomic E-state index is 11.7. The summed E-state index contributed by atoms with van der Waals surface area (Å²) in [5.74, 6) is 0.348. The summed E-state index contributed by atoms with van der Waals surface area (Å²) >= 11 is 0. The summed E-state index contributed by atoms with van der Waals surface area (Å²) < 4.78 is 5.24. The van der Waals surface area contributed by atoms with Crippen molar-refractivity contribution in [3.63, 3.8) is 0 Å². The SMILES string of the molecule is Cc1ccc(C(=O)NCC2CCOC2)nc1. The van der Waals surface area contributed by atoms with Crippen LogP contribution in [0.2, 0.25) is 0 Å². The van der Waals surface area contributed by atoms with Crippen LogP contribution in [0.25, 0.3) is 0 Å². The fourth-order valence-corrected chi connectivity index (χ4v) is 1.67. The summed E-state index contributed by atoms with van der Waals surface area (Å²) in [6, 6.07) is 3.64. The minimum absolute atomic E-state index is 0.105. The van der Waals surface area contributed by atoms with Gasteiger partial charge in [0.25, 0.3) is 5.91 Å². The minimum Gasteiger partial charge on any atom is -0.381 e. The van der Waals surface area contributed by atoms with Crippen LogP contribution >= 0.6 is 0 Å². The second-order valence-corrected chi connectivity index (χ2v) is 4.16. The molecule has 2 rings (SSSR count). The number of aromatic nitrogens is 1. The van der Waals surface area contributed by atoms with Crippen LogP contribution in [0.3, 0.4) is 0 Å². The topological polar surface area (TPSA) is 51.2 Å². The predicted octanol–water partition coefficient (Wildman–Crippen LogP) is 1.16. The molecule has 1 aliphatic heterocycles. The summed E-state index contributed by atoms with van der Waals surface area (Å²) in [5.41, 5.74) is 1.53. The van der Waals surface area contributed by atoms with Crippen molar-refractivity contribution in [3.05, 3.63) is 29.6 Å². The molecule has 1 amide bonds. The Morgan fingerprint density at radius 1 is 1.62 bits per heavy atom. The van der Waals surface area contributed by atoms with Crippen molar-refractivity contribution < 1.29 is 9.53 Å². The van der Waals surface area contributed by atoms with Gasteiger partial charge in [-0.3, -0.25) is 9.78 Å². The fraction of sp³-hybridized carbons (Fsp3) is 0.500. The van der Waals surface area contributed by atoms with Crippen LogP contribution in [0.1, 0.15) is 22.5 Å². The van der Waals surface area contributed by atoms with Crippen LogP contribution < -0.4 is 5.32 Å². The maximum Gasteiger partial charge on any atom is 0.269 e. The summed E-state index contributed by atoms with van der Waals surface area (Å²) in [4.78, 5) is 15.8. The highest BCUT2D eigenvalue weighted by atomic mass is 16.5. The zero-order chi connectivity index (χ0) is 11.4. The minimum atomic E-state index is -0.105. The number of nitrogens with one attached hydrogen (secondary N) is 1. The molecular weight excluding hydrogens is 204 g/mol. The van der Waals surface area contributed by atoms with Gasteiger partial charge in [0, 0.05) is 25.3 Å². The second-order valence-electron chi connectivity index (χ2n) is 4.16. The van der Waals surface area contributed by atoms with Crippen LogP contribution in [0.5, 0.6) is 0 Å². The number of aryl methyl sites for hydroxylation is 1. The van der Waals surface area contributed by atoms with Gasteiger partial charge in [-0.15, -0.1) is 0 Å². The first-order valence-corrected chi connectivity index (χ1v) is 5.54. The van der Waals surface area contributed by atoms with Crippen LogP contribution in [0.4, 0.5) is 0 Å². The Hall–Kier alpha value is -1.42. The number of amides is 1. The number of ether oxygens (including phenoxy) is 1. The third-order valence-electron chi connectivity index (χ3n) is 2.72. The molecule has 1 aromatic heterocycles. The quantitative estimate of drug-likeness (QED) is 0.831. The van der Waals surface area contributed by atoms with E-state index in [4.69, 9.17) is 4.74 Å². The lowest BCUT2D eigenvalue weighted by Gasteiger charge is -2.08. The maximum atomic E-state index is 11.7. The second kappa shape index (κ2) is 5.07. The normalized spacial score (nSPS) is 19.7. The van der Waals surface area contributed by atoms with Gasteiger partial charge < -0.3 is 10.1 Å². The van der Waals surface area contributed by atoms with E-state index in [1.807, 2.05) is 13.0 Å². The molecule has 4 heteroatoms. The Bertz CT molecular complexity index is 356. The monoisotopic (exact) mass is 220 g/mol. The van der Waals surface area contributed by atoms with Gasteiger partial charge in [-0.1, -0.05) is 6.07 Å². The van der Waals surface area contributed by atoms with E-state index in [9.17, 15) is 4.79 Å². The van der Waals surface area contributed by atoms with E-state index < -0.39 is 0 Å². The number of hydrogen-bond donors (Lipinski definition) is 1. The highest BCUT2D eigenvalue weighted by Gasteiger charge is 2.16. The van der Waals surface area contributed by atoms with Crippen LogP contribution in [0, 0.1) is 12.8 Å². The van der Waals surface area contributed by atoms with Gasteiger partial charge in [0.1, 0.15) is 5.69 Å². The third-order valence-corrected chi connectivity index (χ3v) is 2.72. The number of carbonyl (C=O) groups is 1. The highest BCUT2D eigenvalue weighted by Crippen LogP contribution is 2.10. The molecule has 0 bridgehead atoms. The molecule has 1 atom stereocenters. The molecule has 0 spiro atoms. The van der Waals surface area contributed by atoms with E-state index in [1.165, 1.54) is 0 Å². The van der Waals surface area contributed by atoms with Crippen LogP contribution in [-0.2, 0) is 4.74 Å². The van der Waals surface area contributed by atoms with Gasteiger partial charge in [0.05, 0.1) is 6.61 Å². The van der Waals surface area contributed by atoms with Crippen molar-refractivity contribution in [2.75, 3.05) is 19.8 Å². The fourth-order valence-electron chi connectivity index (χ4n) is 1.67. The number of pyridine rings is 1. The highest BCUT2D eigenvalue weighted by molar-refractivity contribution is 5.92. The molecule has 1 aliphatic rings. The Morgan fingerprint density at radius 2 is 2.50 bits per heavy atom. The molecule has 0 aromatic carbocycles. The van der Waals surface area contributed by atoms with Crippen LogP contribution in [0.15, 0.2) is 18.3 Å². The van der Waals surface area contributed by atoms with Gasteiger partial charge in [-0.25, -0.2) is 0 Å². The molecule has 0 aliphatic carbocycles. The lowest BCUT2D eigenvalue weighted by Crippen LogP contribution is -2.30. The van der Waals surface area contributed by atoms with Gasteiger partial charge in [0.15, 0.2) is 0 Å². The van der Waals surface area contributed by atoms with Crippen molar-refractivity contribution in [2.24, 2.45) is 5.92 Å². The van der Waals surface area contributed by atoms with Crippen molar-refractivity contribution in [1.29, 1.82) is 0 Å². The molecule has 1 aromatic rings. The average molecular weight is 220 g/mol. The molecular formula is C12H16N2O2. The van der Waals surface area contributed by atoms with E-state index >= 15 is 0 Å². The van der Waals surface area contributed by atoms with Crippen molar-refractivity contribution in [3.8, 4) is 0 Å².